The molecule has 0 unspecified atom stereocenters. The van der Waals surface area contributed by atoms with Crippen molar-refractivity contribution in [1.82, 2.24) is 4.98 Å². The number of alkyl halides is 3. The molecular weight excluding hydrogens is 310 g/mol. The maximum Gasteiger partial charge on any atom is 0.419 e. The SMILES string of the molecule is Cc1csc(NN=Cc2cc(C(F)(F)F)c(F)cc2O)n1. The van der Waals surface area contributed by atoms with Gasteiger partial charge in [0.1, 0.15) is 11.6 Å². The molecule has 2 aromatic rings. The fraction of sp³-hybridized carbons (Fsp3) is 0.167. The molecule has 0 amide bonds. The van der Waals surface area contributed by atoms with Gasteiger partial charge in [0.15, 0.2) is 0 Å². The fourth-order valence-corrected chi connectivity index (χ4v) is 2.10. The van der Waals surface area contributed by atoms with Crippen molar-refractivity contribution in [3.8, 4) is 5.75 Å². The highest BCUT2D eigenvalue weighted by Crippen LogP contribution is 2.34. The third-order valence-electron chi connectivity index (χ3n) is 2.40. The van der Waals surface area contributed by atoms with Crippen LogP contribution in [0.15, 0.2) is 22.6 Å². The molecule has 0 aliphatic rings. The lowest BCUT2D eigenvalue weighted by Gasteiger charge is -2.09. The van der Waals surface area contributed by atoms with Crippen molar-refractivity contribution in [1.29, 1.82) is 0 Å². The monoisotopic (exact) mass is 319 g/mol. The van der Waals surface area contributed by atoms with Crippen molar-refractivity contribution >= 4 is 22.7 Å². The Morgan fingerprint density at radius 3 is 2.67 bits per heavy atom. The number of hydrazone groups is 1. The van der Waals surface area contributed by atoms with Crippen LogP contribution in [-0.2, 0) is 6.18 Å². The summed E-state index contributed by atoms with van der Waals surface area (Å²) in [5.41, 5.74) is 1.54. The predicted molar refractivity (Wildman–Crippen MR) is 71.1 cm³/mol. The lowest BCUT2D eigenvalue weighted by Crippen LogP contribution is -2.09. The van der Waals surface area contributed by atoms with Crippen LogP contribution in [-0.4, -0.2) is 16.3 Å². The molecule has 2 rings (SSSR count). The van der Waals surface area contributed by atoms with E-state index in [-0.39, 0.29) is 5.56 Å². The van der Waals surface area contributed by atoms with Gasteiger partial charge in [0.25, 0.3) is 0 Å². The molecule has 0 radical (unpaired) electrons. The first-order chi connectivity index (χ1) is 9.77. The minimum absolute atomic E-state index is 0.260. The predicted octanol–water partition coefficient (Wildman–Crippen LogP) is 3.76. The van der Waals surface area contributed by atoms with E-state index in [1.54, 1.807) is 12.3 Å². The first-order valence-electron chi connectivity index (χ1n) is 5.58. The van der Waals surface area contributed by atoms with Crippen LogP contribution >= 0.6 is 11.3 Å². The molecule has 21 heavy (non-hydrogen) atoms. The first kappa shape index (κ1) is 15.2. The molecule has 0 saturated heterocycles. The smallest absolute Gasteiger partial charge is 0.419 e. The van der Waals surface area contributed by atoms with Crippen LogP contribution in [0.1, 0.15) is 16.8 Å². The Kier molecular flexibility index (Phi) is 4.12. The highest BCUT2D eigenvalue weighted by atomic mass is 32.1. The molecule has 4 nitrogen and oxygen atoms in total. The summed E-state index contributed by atoms with van der Waals surface area (Å²) in [5, 5.41) is 15.3. The zero-order chi connectivity index (χ0) is 15.6. The second kappa shape index (κ2) is 5.68. The average Bonchev–Trinajstić information content (AvgIpc) is 2.76. The molecule has 1 aromatic carbocycles. The molecule has 0 aliphatic carbocycles. The van der Waals surface area contributed by atoms with Gasteiger partial charge in [-0.1, -0.05) is 0 Å². The molecular formula is C12H9F4N3OS. The topological polar surface area (TPSA) is 57.5 Å². The third kappa shape index (κ3) is 3.69. The van der Waals surface area contributed by atoms with E-state index in [1.165, 1.54) is 11.3 Å². The maximum absolute atomic E-state index is 13.2. The van der Waals surface area contributed by atoms with E-state index >= 15 is 0 Å². The molecule has 0 aliphatic heterocycles. The van der Waals surface area contributed by atoms with Gasteiger partial charge in [0.05, 0.1) is 17.5 Å². The van der Waals surface area contributed by atoms with Crippen LogP contribution in [0.3, 0.4) is 0 Å². The van der Waals surface area contributed by atoms with Crippen LogP contribution < -0.4 is 5.43 Å². The number of rotatable bonds is 3. The van der Waals surface area contributed by atoms with Gasteiger partial charge in [0.2, 0.25) is 5.13 Å². The van der Waals surface area contributed by atoms with Gasteiger partial charge in [-0.2, -0.15) is 18.3 Å². The number of aryl methyl sites for hydroxylation is 1. The Morgan fingerprint density at radius 1 is 1.38 bits per heavy atom. The van der Waals surface area contributed by atoms with E-state index in [9.17, 15) is 22.7 Å². The van der Waals surface area contributed by atoms with Crippen LogP contribution in [0, 0.1) is 12.7 Å². The number of thiazole rings is 1. The number of phenols is 1. The first-order valence-corrected chi connectivity index (χ1v) is 6.46. The summed E-state index contributed by atoms with van der Waals surface area (Å²) < 4.78 is 50.8. The van der Waals surface area contributed by atoms with E-state index in [0.29, 0.717) is 17.3 Å². The Balaban J connectivity index is 2.23. The number of hydrogen-bond acceptors (Lipinski definition) is 5. The van der Waals surface area contributed by atoms with Gasteiger partial charge in [-0.15, -0.1) is 11.3 Å². The van der Waals surface area contributed by atoms with Crippen molar-refractivity contribution in [2.45, 2.75) is 13.1 Å². The number of anilines is 1. The minimum atomic E-state index is -4.85. The Morgan fingerprint density at radius 2 is 2.10 bits per heavy atom. The van der Waals surface area contributed by atoms with Gasteiger partial charge >= 0.3 is 6.18 Å². The molecule has 1 heterocycles. The van der Waals surface area contributed by atoms with Crippen molar-refractivity contribution < 1.29 is 22.7 Å². The molecule has 0 spiro atoms. The number of halogens is 4. The largest absolute Gasteiger partial charge is 0.507 e. The van der Waals surface area contributed by atoms with Crippen LogP contribution in [0.4, 0.5) is 22.7 Å². The quantitative estimate of drug-likeness (QED) is 0.514. The molecule has 2 N–H and O–H groups in total. The maximum atomic E-state index is 13.2. The van der Waals surface area contributed by atoms with Gasteiger partial charge < -0.3 is 5.11 Å². The highest BCUT2D eigenvalue weighted by Gasteiger charge is 2.34. The number of hydrogen-bond donors (Lipinski definition) is 2. The van der Waals surface area contributed by atoms with Crippen molar-refractivity contribution in [3.63, 3.8) is 0 Å². The molecule has 0 bridgehead atoms. The van der Waals surface area contributed by atoms with E-state index in [0.717, 1.165) is 11.9 Å². The van der Waals surface area contributed by atoms with Crippen molar-refractivity contribution in [2.75, 3.05) is 5.43 Å². The van der Waals surface area contributed by atoms with Crippen molar-refractivity contribution in [2.24, 2.45) is 5.10 Å². The summed E-state index contributed by atoms with van der Waals surface area (Å²) in [7, 11) is 0. The zero-order valence-electron chi connectivity index (χ0n) is 10.6. The van der Waals surface area contributed by atoms with Gasteiger partial charge in [-0.3, -0.25) is 5.43 Å². The average molecular weight is 319 g/mol. The number of nitrogens with zero attached hydrogens (tertiary/aromatic N) is 2. The van der Waals surface area contributed by atoms with E-state index in [2.05, 4.69) is 15.5 Å². The molecule has 112 valence electrons. The summed E-state index contributed by atoms with van der Waals surface area (Å²) in [6.07, 6.45) is -3.89. The number of benzene rings is 1. The summed E-state index contributed by atoms with van der Waals surface area (Å²) in [6.45, 7) is 1.77. The normalized spacial score (nSPS) is 12.0. The standard InChI is InChI=1S/C12H9F4N3OS/c1-6-5-21-11(18-6)19-17-4-7-2-8(12(14,15)16)9(13)3-10(7)20/h2-5,20H,1H3,(H,18,19). The fourth-order valence-electron chi connectivity index (χ4n) is 1.46. The van der Waals surface area contributed by atoms with Crippen LogP contribution in [0.25, 0.3) is 0 Å². The van der Waals surface area contributed by atoms with E-state index < -0.39 is 23.3 Å². The van der Waals surface area contributed by atoms with E-state index in [1.807, 2.05) is 0 Å². The summed E-state index contributed by atoms with van der Waals surface area (Å²) in [4.78, 5) is 4.03. The highest BCUT2D eigenvalue weighted by molar-refractivity contribution is 7.13. The molecule has 0 fully saturated rings. The number of aromatic hydroxyl groups is 1. The zero-order valence-corrected chi connectivity index (χ0v) is 11.4. The van der Waals surface area contributed by atoms with E-state index in [4.69, 9.17) is 0 Å². The minimum Gasteiger partial charge on any atom is -0.507 e. The third-order valence-corrected chi connectivity index (χ3v) is 3.27. The second-order valence-electron chi connectivity index (χ2n) is 4.05. The lowest BCUT2D eigenvalue weighted by molar-refractivity contribution is -0.140. The summed E-state index contributed by atoms with van der Waals surface area (Å²) in [6, 6.07) is 0.890. The Hall–Kier alpha value is -2.16. The van der Waals surface area contributed by atoms with Gasteiger partial charge in [0, 0.05) is 17.0 Å². The number of nitrogens with one attached hydrogen (secondary N) is 1. The summed E-state index contributed by atoms with van der Waals surface area (Å²) in [5.74, 6) is -2.18. The van der Waals surface area contributed by atoms with Gasteiger partial charge in [-0.05, 0) is 13.0 Å². The molecule has 9 heteroatoms. The van der Waals surface area contributed by atoms with Crippen LogP contribution in [0.5, 0.6) is 5.75 Å². The Labute approximate surface area is 120 Å². The number of aromatic nitrogens is 1. The lowest BCUT2D eigenvalue weighted by atomic mass is 10.1. The molecule has 0 saturated carbocycles. The molecule has 1 aromatic heterocycles. The molecule has 0 atom stereocenters. The van der Waals surface area contributed by atoms with Gasteiger partial charge in [-0.25, -0.2) is 9.37 Å². The second-order valence-corrected chi connectivity index (χ2v) is 4.91. The summed E-state index contributed by atoms with van der Waals surface area (Å²) >= 11 is 1.26. The Bertz CT molecular complexity index is 682. The van der Waals surface area contributed by atoms with Crippen molar-refractivity contribution in [3.05, 3.63) is 40.2 Å². The number of phenolic OH excluding ortho intramolecular Hbond substituents is 1. The van der Waals surface area contributed by atoms with Crippen LogP contribution in [0.2, 0.25) is 0 Å².